The highest BCUT2D eigenvalue weighted by Gasteiger charge is 2.26. The number of pyridine rings is 1. The molecule has 0 aliphatic heterocycles. The van der Waals surface area contributed by atoms with E-state index in [1.807, 2.05) is 49.4 Å². The van der Waals surface area contributed by atoms with Gasteiger partial charge in [-0.25, -0.2) is 12.4 Å². The van der Waals surface area contributed by atoms with Crippen molar-refractivity contribution in [3.63, 3.8) is 0 Å². The highest BCUT2D eigenvalue weighted by Crippen LogP contribution is 2.39. The maximum atomic E-state index is 13.9. The first-order chi connectivity index (χ1) is 16.5. The minimum atomic E-state index is -3.90. The number of benzene rings is 3. The van der Waals surface area contributed by atoms with Gasteiger partial charge in [-0.15, -0.1) is 0 Å². The molecule has 3 aromatic carbocycles. The molecule has 0 N–H and O–H groups in total. The topological polar surface area (TPSA) is 70.4 Å². The Morgan fingerprint density at radius 3 is 2.32 bits per heavy atom. The lowest BCUT2D eigenvalue weighted by molar-refractivity contribution is 0.186. The van der Waals surface area contributed by atoms with Crippen LogP contribution in [0.25, 0.3) is 21.8 Å². The summed E-state index contributed by atoms with van der Waals surface area (Å²) >= 11 is 0. The van der Waals surface area contributed by atoms with Crippen LogP contribution < -0.4 is 4.74 Å². The number of nitrogens with zero attached hydrogens (tertiary/aromatic N) is 2. The van der Waals surface area contributed by atoms with Gasteiger partial charge >= 0.3 is 0 Å². The van der Waals surface area contributed by atoms with Crippen LogP contribution in [0.15, 0.2) is 90.1 Å². The van der Waals surface area contributed by atoms with Crippen LogP contribution in [-0.2, 0) is 28.0 Å². The molecule has 34 heavy (non-hydrogen) atoms. The normalized spacial score (nSPS) is 11.8. The minimum Gasteiger partial charge on any atom is -0.488 e. The zero-order valence-electron chi connectivity index (χ0n) is 18.9. The third kappa shape index (κ3) is 3.83. The van der Waals surface area contributed by atoms with Crippen molar-refractivity contribution in [2.75, 3.05) is 7.11 Å². The lowest BCUT2D eigenvalue weighted by Crippen LogP contribution is -2.13. The van der Waals surface area contributed by atoms with E-state index in [0.717, 1.165) is 27.5 Å². The summed E-state index contributed by atoms with van der Waals surface area (Å²) in [5.41, 5.74) is 3.82. The highest BCUT2D eigenvalue weighted by molar-refractivity contribution is 7.90. The van der Waals surface area contributed by atoms with Crippen LogP contribution in [0.4, 0.5) is 0 Å². The van der Waals surface area contributed by atoms with E-state index in [-0.39, 0.29) is 4.90 Å². The maximum absolute atomic E-state index is 13.9. The first kappa shape index (κ1) is 22.1. The molecule has 172 valence electrons. The number of aromatic nitrogens is 2. The second kappa shape index (κ2) is 8.93. The van der Waals surface area contributed by atoms with Gasteiger partial charge in [0, 0.05) is 24.3 Å². The summed E-state index contributed by atoms with van der Waals surface area (Å²) < 4.78 is 40.7. The van der Waals surface area contributed by atoms with E-state index < -0.39 is 10.0 Å². The standard InChI is InChI=1S/C27H24N2O4S/c1-19-11-13-22(14-12-19)34(30,31)29-23-9-6-10-25(33-17-20-7-4-3-5-8-20)27(23)26-21(18-32-2)15-28-16-24(26)29/h3-16H,17-18H2,1-2H3. The Hall–Kier alpha value is -3.68. The quantitative estimate of drug-likeness (QED) is 0.315. The van der Waals surface area contributed by atoms with Crippen molar-refractivity contribution in [2.45, 2.75) is 25.0 Å². The van der Waals surface area contributed by atoms with Gasteiger partial charge in [-0.05, 0) is 36.8 Å². The molecule has 0 bridgehead atoms. The molecule has 2 heterocycles. The molecule has 0 saturated heterocycles. The largest absolute Gasteiger partial charge is 0.488 e. The van der Waals surface area contributed by atoms with Gasteiger partial charge in [0.15, 0.2) is 0 Å². The van der Waals surface area contributed by atoms with Crippen LogP contribution in [0.2, 0.25) is 0 Å². The van der Waals surface area contributed by atoms with Crippen molar-refractivity contribution in [3.05, 3.63) is 102 Å². The van der Waals surface area contributed by atoms with Gasteiger partial charge in [0.25, 0.3) is 10.0 Å². The summed E-state index contributed by atoms with van der Waals surface area (Å²) in [7, 11) is -2.30. The molecule has 0 saturated carbocycles. The van der Waals surface area contributed by atoms with Gasteiger partial charge in [-0.3, -0.25) is 4.98 Å². The molecule has 5 aromatic rings. The van der Waals surface area contributed by atoms with E-state index in [9.17, 15) is 8.42 Å². The van der Waals surface area contributed by atoms with Gasteiger partial charge in [0.05, 0.1) is 34.1 Å². The molecule has 0 radical (unpaired) electrons. The summed E-state index contributed by atoms with van der Waals surface area (Å²) in [6.07, 6.45) is 3.29. The number of rotatable bonds is 7. The lowest BCUT2D eigenvalue weighted by atomic mass is 10.1. The van der Waals surface area contributed by atoms with Gasteiger partial charge in [0.2, 0.25) is 0 Å². The number of methoxy groups -OCH3 is 1. The van der Waals surface area contributed by atoms with Crippen LogP contribution in [0.5, 0.6) is 5.75 Å². The van der Waals surface area contributed by atoms with Crippen molar-refractivity contribution in [1.82, 2.24) is 8.96 Å². The Balaban J connectivity index is 1.77. The van der Waals surface area contributed by atoms with Crippen molar-refractivity contribution >= 4 is 31.8 Å². The molecular formula is C27H24N2O4S. The molecular weight excluding hydrogens is 448 g/mol. The van der Waals surface area contributed by atoms with Crippen molar-refractivity contribution in [3.8, 4) is 5.75 Å². The Morgan fingerprint density at radius 2 is 1.59 bits per heavy atom. The average molecular weight is 473 g/mol. The van der Waals surface area contributed by atoms with Crippen LogP contribution in [0.1, 0.15) is 16.7 Å². The molecule has 0 fully saturated rings. The number of hydrogen-bond donors (Lipinski definition) is 0. The molecule has 0 spiro atoms. The van der Waals surface area contributed by atoms with Gasteiger partial charge in [-0.2, -0.15) is 0 Å². The predicted molar refractivity (Wildman–Crippen MR) is 132 cm³/mol. The molecule has 2 aromatic heterocycles. The second-order valence-electron chi connectivity index (χ2n) is 8.13. The van der Waals surface area contributed by atoms with Crippen molar-refractivity contribution in [1.29, 1.82) is 0 Å². The molecule has 0 atom stereocenters. The second-order valence-corrected chi connectivity index (χ2v) is 9.92. The Morgan fingerprint density at radius 1 is 0.824 bits per heavy atom. The summed E-state index contributed by atoms with van der Waals surface area (Å²) in [6.45, 7) is 2.58. The third-order valence-corrected chi connectivity index (χ3v) is 7.53. The van der Waals surface area contributed by atoms with E-state index in [0.29, 0.717) is 30.0 Å². The average Bonchev–Trinajstić information content (AvgIpc) is 3.20. The van der Waals surface area contributed by atoms with E-state index in [1.54, 1.807) is 49.8 Å². The number of fused-ring (bicyclic) bond motifs is 3. The SMILES string of the molecule is COCc1cncc2c1c1c(OCc3ccccc3)cccc1n2S(=O)(=O)c1ccc(C)cc1. The minimum absolute atomic E-state index is 0.213. The molecule has 0 aliphatic rings. The van der Waals surface area contributed by atoms with Crippen molar-refractivity contribution in [2.24, 2.45) is 0 Å². The monoisotopic (exact) mass is 472 g/mol. The fourth-order valence-corrected chi connectivity index (χ4v) is 5.70. The number of aryl methyl sites for hydroxylation is 1. The predicted octanol–water partition coefficient (Wildman–Crippen LogP) is 5.46. The molecule has 0 amide bonds. The van der Waals surface area contributed by atoms with Gasteiger partial charge < -0.3 is 9.47 Å². The fourth-order valence-electron chi connectivity index (χ4n) is 4.20. The van der Waals surface area contributed by atoms with Gasteiger partial charge in [0.1, 0.15) is 12.4 Å². The Bertz CT molecular complexity index is 1570. The summed E-state index contributed by atoms with van der Waals surface area (Å²) in [5.74, 6) is 0.604. The Labute approximate surface area is 198 Å². The van der Waals surface area contributed by atoms with E-state index in [4.69, 9.17) is 9.47 Å². The van der Waals surface area contributed by atoms with E-state index in [2.05, 4.69) is 4.98 Å². The fraction of sp³-hybridized carbons (Fsp3) is 0.148. The maximum Gasteiger partial charge on any atom is 0.268 e. The first-order valence-electron chi connectivity index (χ1n) is 10.9. The first-order valence-corrected chi connectivity index (χ1v) is 12.3. The van der Waals surface area contributed by atoms with E-state index >= 15 is 0 Å². The summed E-state index contributed by atoms with van der Waals surface area (Å²) in [5, 5.41) is 1.48. The van der Waals surface area contributed by atoms with E-state index in [1.165, 1.54) is 3.97 Å². The highest BCUT2D eigenvalue weighted by atomic mass is 32.2. The molecule has 7 heteroatoms. The zero-order chi connectivity index (χ0) is 23.7. The smallest absolute Gasteiger partial charge is 0.268 e. The van der Waals surface area contributed by atoms with Crippen LogP contribution in [-0.4, -0.2) is 24.5 Å². The van der Waals surface area contributed by atoms with Gasteiger partial charge in [-0.1, -0.05) is 54.1 Å². The van der Waals surface area contributed by atoms with Crippen LogP contribution in [0.3, 0.4) is 0 Å². The Kier molecular flexibility index (Phi) is 5.81. The summed E-state index contributed by atoms with van der Waals surface area (Å²) in [6, 6.07) is 22.2. The molecule has 5 rings (SSSR count). The van der Waals surface area contributed by atoms with Crippen LogP contribution >= 0.6 is 0 Å². The zero-order valence-corrected chi connectivity index (χ0v) is 19.7. The number of hydrogen-bond acceptors (Lipinski definition) is 5. The molecule has 0 unspecified atom stereocenters. The third-order valence-electron chi connectivity index (χ3n) is 5.79. The lowest BCUT2D eigenvalue weighted by Gasteiger charge is -2.11. The molecule has 0 aliphatic carbocycles. The van der Waals surface area contributed by atoms with Crippen molar-refractivity contribution < 1.29 is 17.9 Å². The molecule has 6 nitrogen and oxygen atoms in total. The number of ether oxygens (including phenoxy) is 2. The van der Waals surface area contributed by atoms with Crippen LogP contribution in [0, 0.1) is 6.92 Å². The summed E-state index contributed by atoms with van der Waals surface area (Å²) in [4.78, 5) is 4.54.